The molecule has 1 atom stereocenters. The molecule has 0 unspecified atom stereocenters. The van der Waals surface area contributed by atoms with Crippen molar-refractivity contribution < 1.29 is 4.79 Å². The molecule has 0 aliphatic rings. The van der Waals surface area contributed by atoms with E-state index in [0.29, 0.717) is 6.54 Å². The quantitative estimate of drug-likeness (QED) is 0.861. The van der Waals surface area contributed by atoms with Crippen LogP contribution in [0.4, 0.5) is 4.79 Å². The van der Waals surface area contributed by atoms with Crippen molar-refractivity contribution in [1.29, 1.82) is 0 Å². The molecule has 2 N–H and O–H groups in total. The van der Waals surface area contributed by atoms with Gasteiger partial charge in [0.05, 0.1) is 0 Å². The molecule has 0 radical (unpaired) electrons. The van der Waals surface area contributed by atoms with Gasteiger partial charge in [-0.25, -0.2) is 4.79 Å². The summed E-state index contributed by atoms with van der Waals surface area (Å²) >= 11 is 0. The lowest BCUT2D eigenvalue weighted by Gasteiger charge is -2.13. The van der Waals surface area contributed by atoms with Gasteiger partial charge in [-0.3, -0.25) is 0 Å². The van der Waals surface area contributed by atoms with Gasteiger partial charge in [-0.1, -0.05) is 24.6 Å². The number of nitrogens with zero attached hydrogens (tertiary/aromatic N) is 1. The molecule has 0 saturated carbocycles. The van der Waals surface area contributed by atoms with Gasteiger partial charge in [-0.05, 0) is 57.9 Å². The summed E-state index contributed by atoms with van der Waals surface area (Å²) in [5.74, 6) is 0. The number of carbonyl (C=O) groups is 1. The van der Waals surface area contributed by atoms with Gasteiger partial charge in [0.2, 0.25) is 0 Å². The third-order valence-electron chi connectivity index (χ3n) is 4.26. The molecule has 1 aromatic carbocycles. The zero-order chi connectivity index (χ0) is 17.0. The van der Waals surface area contributed by atoms with Crippen LogP contribution < -0.4 is 10.6 Å². The van der Waals surface area contributed by atoms with Gasteiger partial charge in [-0.2, -0.15) is 0 Å². The Morgan fingerprint density at radius 2 is 1.83 bits per heavy atom. The Morgan fingerprint density at radius 1 is 1.17 bits per heavy atom. The number of urea groups is 1. The maximum atomic E-state index is 11.9. The van der Waals surface area contributed by atoms with E-state index in [-0.39, 0.29) is 12.1 Å². The average Bonchev–Trinajstić information content (AvgIpc) is 2.80. The molecule has 23 heavy (non-hydrogen) atoms. The smallest absolute Gasteiger partial charge is 0.315 e. The van der Waals surface area contributed by atoms with E-state index in [2.05, 4.69) is 73.2 Å². The molecule has 0 aliphatic carbocycles. The van der Waals surface area contributed by atoms with Gasteiger partial charge >= 0.3 is 6.03 Å². The first-order valence-corrected chi connectivity index (χ1v) is 8.21. The molecule has 2 rings (SSSR count). The Bertz CT molecular complexity index is 671. The minimum Gasteiger partial charge on any atom is -0.336 e. The Balaban J connectivity index is 2.12. The SMILES string of the molecule is CC[C@H](C)NC(=O)NCc1cc(C)n(-c2ccc(C)cc2)c1C. The molecule has 0 aliphatic heterocycles. The highest BCUT2D eigenvalue weighted by Crippen LogP contribution is 2.21. The fourth-order valence-corrected chi connectivity index (χ4v) is 2.65. The molecule has 1 heterocycles. The van der Waals surface area contributed by atoms with Gasteiger partial charge in [0.1, 0.15) is 0 Å². The normalized spacial score (nSPS) is 12.0. The van der Waals surface area contributed by atoms with E-state index in [0.717, 1.165) is 23.4 Å². The summed E-state index contributed by atoms with van der Waals surface area (Å²) < 4.78 is 2.23. The Morgan fingerprint density at radius 3 is 2.43 bits per heavy atom. The second-order valence-corrected chi connectivity index (χ2v) is 6.20. The van der Waals surface area contributed by atoms with E-state index in [1.54, 1.807) is 0 Å². The minimum atomic E-state index is -0.112. The van der Waals surface area contributed by atoms with Crippen LogP contribution in [0.25, 0.3) is 5.69 Å². The average molecular weight is 313 g/mol. The number of hydrogen-bond donors (Lipinski definition) is 2. The van der Waals surface area contributed by atoms with E-state index < -0.39 is 0 Å². The third kappa shape index (κ3) is 4.15. The molecular weight excluding hydrogens is 286 g/mol. The van der Waals surface area contributed by atoms with Gasteiger partial charge in [0.15, 0.2) is 0 Å². The molecule has 0 spiro atoms. The molecule has 2 aromatic rings. The molecule has 4 heteroatoms. The fourth-order valence-electron chi connectivity index (χ4n) is 2.65. The number of aryl methyl sites for hydroxylation is 2. The van der Waals surface area contributed by atoms with Crippen molar-refractivity contribution in [2.45, 2.75) is 53.6 Å². The van der Waals surface area contributed by atoms with Crippen molar-refractivity contribution in [2.75, 3.05) is 0 Å². The first kappa shape index (κ1) is 17.1. The summed E-state index contributed by atoms with van der Waals surface area (Å²) in [6, 6.07) is 10.7. The second-order valence-electron chi connectivity index (χ2n) is 6.20. The van der Waals surface area contributed by atoms with E-state index in [4.69, 9.17) is 0 Å². The monoisotopic (exact) mass is 313 g/mol. The van der Waals surface area contributed by atoms with Crippen molar-refractivity contribution in [3.63, 3.8) is 0 Å². The number of rotatable bonds is 5. The molecule has 4 nitrogen and oxygen atoms in total. The molecule has 1 aromatic heterocycles. The van der Waals surface area contributed by atoms with Crippen molar-refractivity contribution in [3.8, 4) is 5.69 Å². The van der Waals surface area contributed by atoms with Gasteiger partial charge in [-0.15, -0.1) is 0 Å². The van der Waals surface area contributed by atoms with Crippen LogP contribution >= 0.6 is 0 Å². The highest BCUT2D eigenvalue weighted by molar-refractivity contribution is 5.74. The van der Waals surface area contributed by atoms with Crippen LogP contribution in [0.1, 0.15) is 42.8 Å². The summed E-state index contributed by atoms with van der Waals surface area (Å²) in [5, 5.41) is 5.86. The first-order valence-electron chi connectivity index (χ1n) is 8.21. The molecule has 2 amide bonds. The van der Waals surface area contributed by atoms with Gasteiger partial charge < -0.3 is 15.2 Å². The second kappa shape index (κ2) is 7.36. The number of aromatic nitrogens is 1. The lowest BCUT2D eigenvalue weighted by atomic mass is 10.2. The predicted octanol–water partition coefficient (Wildman–Crippen LogP) is 4.00. The van der Waals surface area contributed by atoms with E-state index in [1.807, 2.05) is 6.92 Å². The van der Waals surface area contributed by atoms with Crippen LogP contribution in [0.5, 0.6) is 0 Å². The van der Waals surface area contributed by atoms with Gasteiger partial charge in [0, 0.05) is 29.7 Å². The fraction of sp³-hybridized carbons (Fsp3) is 0.421. The number of benzene rings is 1. The van der Waals surface area contributed by atoms with E-state index in [9.17, 15) is 4.79 Å². The standard InChI is InChI=1S/C19H27N3O/c1-6-14(3)21-19(23)20-12-17-11-15(4)22(16(17)5)18-9-7-13(2)8-10-18/h7-11,14H,6,12H2,1-5H3,(H2,20,21,23)/t14-/m0/s1. The number of carbonyl (C=O) groups excluding carboxylic acids is 1. The number of nitrogens with one attached hydrogen (secondary N) is 2. The zero-order valence-corrected chi connectivity index (χ0v) is 14.7. The summed E-state index contributed by atoms with van der Waals surface area (Å²) in [7, 11) is 0. The van der Waals surface area contributed by atoms with E-state index >= 15 is 0 Å². The maximum absolute atomic E-state index is 11.9. The van der Waals surface area contributed by atoms with E-state index in [1.165, 1.54) is 11.3 Å². The lowest BCUT2D eigenvalue weighted by Crippen LogP contribution is -2.40. The summed E-state index contributed by atoms with van der Waals surface area (Å²) in [4.78, 5) is 11.9. The van der Waals surface area contributed by atoms with Crippen molar-refractivity contribution in [3.05, 3.63) is 52.8 Å². The molecular formula is C19H27N3O. The van der Waals surface area contributed by atoms with Crippen LogP contribution in [-0.4, -0.2) is 16.6 Å². The maximum Gasteiger partial charge on any atom is 0.315 e. The number of hydrogen-bond acceptors (Lipinski definition) is 1. The topological polar surface area (TPSA) is 46.1 Å². The summed E-state index contributed by atoms with van der Waals surface area (Å²) in [5.41, 5.74) is 5.88. The Kier molecular flexibility index (Phi) is 5.48. The van der Waals surface area contributed by atoms with Crippen molar-refractivity contribution >= 4 is 6.03 Å². The zero-order valence-electron chi connectivity index (χ0n) is 14.7. The first-order chi connectivity index (χ1) is 10.9. The van der Waals surface area contributed by atoms with Crippen LogP contribution in [0.3, 0.4) is 0 Å². The van der Waals surface area contributed by atoms with Gasteiger partial charge in [0.25, 0.3) is 0 Å². The van der Waals surface area contributed by atoms with Crippen LogP contribution in [-0.2, 0) is 6.54 Å². The third-order valence-corrected chi connectivity index (χ3v) is 4.26. The van der Waals surface area contributed by atoms with Crippen molar-refractivity contribution in [2.24, 2.45) is 0 Å². The molecule has 0 fully saturated rings. The highest BCUT2D eigenvalue weighted by atomic mass is 16.2. The molecule has 0 saturated heterocycles. The molecule has 124 valence electrons. The highest BCUT2D eigenvalue weighted by Gasteiger charge is 2.12. The van der Waals surface area contributed by atoms with Crippen molar-refractivity contribution in [1.82, 2.24) is 15.2 Å². The Labute approximate surface area is 138 Å². The molecule has 0 bridgehead atoms. The van der Waals surface area contributed by atoms with Crippen LogP contribution in [0, 0.1) is 20.8 Å². The largest absolute Gasteiger partial charge is 0.336 e. The summed E-state index contributed by atoms with van der Waals surface area (Å²) in [6.45, 7) is 10.9. The predicted molar refractivity (Wildman–Crippen MR) is 95.1 cm³/mol. The minimum absolute atomic E-state index is 0.112. The Hall–Kier alpha value is -2.23. The summed E-state index contributed by atoms with van der Waals surface area (Å²) in [6.07, 6.45) is 0.926. The lowest BCUT2D eigenvalue weighted by molar-refractivity contribution is 0.237. The number of amides is 2. The van der Waals surface area contributed by atoms with Crippen LogP contribution in [0.2, 0.25) is 0 Å². The van der Waals surface area contributed by atoms with Crippen LogP contribution in [0.15, 0.2) is 30.3 Å².